The van der Waals surface area contributed by atoms with Crippen LogP contribution in [0.25, 0.3) is 0 Å². The summed E-state index contributed by atoms with van der Waals surface area (Å²) in [6.07, 6.45) is 0. The number of hydrogen-bond acceptors (Lipinski definition) is 2. The third kappa shape index (κ3) is 9.40. The van der Waals surface area contributed by atoms with E-state index in [1.54, 1.807) is 0 Å². The summed E-state index contributed by atoms with van der Waals surface area (Å²) in [5.41, 5.74) is 0. The molecule has 4 heteroatoms. The van der Waals surface area contributed by atoms with Crippen molar-refractivity contribution in [1.29, 1.82) is 0 Å². The van der Waals surface area contributed by atoms with Crippen molar-refractivity contribution in [3.05, 3.63) is 0 Å². The summed E-state index contributed by atoms with van der Waals surface area (Å²) >= 11 is 6.44. The lowest BCUT2D eigenvalue weighted by atomic mass is 31.1. The maximum atomic E-state index is 3.22. The zero-order chi connectivity index (χ0) is 2.00. The van der Waals surface area contributed by atoms with Gasteiger partial charge < -0.3 is 0 Å². The molecule has 0 saturated carbocycles. The van der Waals surface area contributed by atoms with Crippen molar-refractivity contribution in [2.45, 2.75) is 0 Å². The maximum Gasteiger partial charge on any atom is -0.114 e. The fourth-order valence-corrected chi connectivity index (χ4v) is 0. The highest BCUT2D eigenvalue weighted by molar-refractivity contribution is 8.93. The van der Waals surface area contributed by atoms with Crippen LogP contribution in [0, 0.1) is 0 Å². The molecule has 0 heterocycles. The molecule has 0 N–H and O–H groups in total. The van der Waals surface area contributed by atoms with Crippen molar-refractivity contribution >= 4 is 57.3 Å². The number of hydrogen-bond donors (Lipinski definition) is 2. The highest BCUT2D eigenvalue weighted by Gasteiger charge is 0.885. The molecule has 0 aliphatic carbocycles. The largest absolute Gasteiger partial charge is 0.115 e. The van der Waals surface area contributed by atoms with Gasteiger partial charge in [0, 0.05) is 0 Å². The predicted octanol–water partition coefficient (Wildman–Crippen LogP) is 1.92. The second-order valence-corrected chi connectivity index (χ2v) is 0. The number of halogens is 2. The van der Waals surface area contributed by atoms with Crippen LogP contribution in [-0.4, -0.2) is 0 Å². The van der Waals surface area contributed by atoms with Gasteiger partial charge in [-0.2, -0.15) is 0 Å². The molecule has 0 radical (unpaired) electrons. The Morgan fingerprint density at radius 1 is 0.750 bits per heavy atom. The van der Waals surface area contributed by atoms with Crippen LogP contribution in [-0.2, 0) is 0 Å². The van der Waals surface area contributed by atoms with E-state index in [1.807, 2.05) is 0 Å². The molecule has 0 aromatic rings. The molecule has 4 heavy (non-hydrogen) atoms. The predicted molar refractivity (Wildman–Crippen MR) is 38.6 cm³/mol. The Morgan fingerprint density at radius 3 is 0.750 bits per heavy atom. The summed E-state index contributed by atoms with van der Waals surface area (Å²) < 4.78 is 0. The van der Waals surface area contributed by atoms with Crippen LogP contribution < -0.4 is 0 Å². The standard InChI is InChI=1S/2BrH.H2S2/c;;1-2/h2*1H;1-2H. The van der Waals surface area contributed by atoms with Gasteiger partial charge in [-0.3, -0.25) is 0 Å². The lowest BCUT2D eigenvalue weighted by molar-refractivity contribution is 6.59. The lowest BCUT2D eigenvalue weighted by Crippen LogP contribution is -0.352. The molecule has 0 rings (SSSR count). The molecule has 0 saturated heterocycles. The lowest BCUT2D eigenvalue weighted by Gasteiger charge is -1.11. The second-order valence-electron chi connectivity index (χ2n) is 0. The van der Waals surface area contributed by atoms with E-state index in [0.717, 1.165) is 0 Å². The average Bonchev–Trinajstić information content (AvgIpc) is 1.00. The van der Waals surface area contributed by atoms with Crippen LogP contribution in [0.5, 0.6) is 0 Å². The number of thiol groups is 2. The Morgan fingerprint density at radius 2 is 0.750 bits per heavy atom. The van der Waals surface area contributed by atoms with E-state index in [0.29, 0.717) is 0 Å². The van der Waals surface area contributed by atoms with E-state index in [-0.39, 0.29) is 34.0 Å². The molecule has 0 nitrogen and oxygen atoms in total. The third-order valence-electron chi connectivity index (χ3n) is 0. The average molecular weight is 228 g/mol. The van der Waals surface area contributed by atoms with Gasteiger partial charge in [0.1, 0.15) is 0 Å². The first-order chi connectivity index (χ1) is 1.00. The van der Waals surface area contributed by atoms with Crippen LogP contribution in [0.1, 0.15) is 0 Å². The minimum absolute atomic E-state index is 0. The van der Waals surface area contributed by atoms with Crippen LogP contribution in [0.15, 0.2) is 0 Å². The molecular formula is H4Br2S2. The van der Waals surface area contributed by atoms with Gasteiger partial charge in [0.15, 0.2) is 0 Å². The summed E-state index contributed by atoms with van der Waals surface area (Å²) in [5.74, 6) is 0. The van der Waals surface area contributed by atoms with Crippen molar-refractivity contribution < 1.29 is 0 Å². The first-order valence-electron chi connectivity index (χ1n) is 0.200. The minimum Gasteiger partial charge on any atom is -0.115 e. The molecule has 0 bridgehead atoms. The highest BCUT2D eigenvalue weighted by Crippen LogP contribution is 1.65. The van der Waals surface area contributed by atoms with Crippen molar-refractivity contribution in [2.24, 2.45) is 0 Å². The third-order valence-corrected chi connectivity index (χ3v) is 0. The van der Waals surface area contributed by atoms with Gasteiger partial charge in [-0.1, -0.05) is 0 Å². The normalized spacial score (nSPS) is 1.50. The molecular weight excluding hydrogens is 224 g/mol. The first-order valence-corrected chi connectivity index (χ1v) is 1.80. The quantitative estimate of drug-likeness (QED) is 0.459. The van der Waals surface area contributed by atoms with Gasteiger partial charge in [0.25, 0.3) is 0 Å². The number of rotatable bonds is 0. The highest BCUT2D eigenvalue weighted by atomic mass is 79.9. The molecule has 30 valence electrons. The van der Waals surface area contributed by atoms with Crippen LogP contribution >= 0.6 is 57.3 Å². The smallest absolute Gasteiger partial charge is 0.114 e. The Hall–Kier alpha value is 1.66. The molecule has 0 aromatic heterocycles. The summed E-state index contributed by atoms with van der Waals surface area (Å²) in [5, 5.41) is 0. The maximum absolute atomic E-state index is 3.22. The van der Waals surface area contributed by atoms with E-state index in [1.165, 1.54) is 0 Å². The molecule has 0 fully saturated rings. The fraction of sp³-hybridized carbons (Fsp3) is 0. The second kappa shape index (κ2) is 22.7. The molecule has 0 spiro atoms. The van der Waals surface area contributed by atoms with Gasteiger partial charge >= 0.3 is 0 Å². The molecule has 0 aliphatic heterocycles. The van der Waals surface area contributed by atoms with Crippen molar-refractivity contribution in [3.63, 3.8) is 0 Å². The van der Waals surface area contributed by atoms with Crippen molar-refractivity contribution in [1.82, 2.24) is 0 Å². The topological polar surface area (TPSA) is 0 Å². The Balaban J connectivity index is -0.00000000500. The molecule has 0 atom stereocenters. The fourth-order valence-electron chi connectivity index (χ4n) is 0. The van der Waals surface area contributed by atoms with E-state index >= 15 is 0 Å². The van der Waals surface area contributed by atoms with Gasteiger partial charge in [0.2, 0.25) is 0 Å². The van der Waals surface area contributed by atoms with Gasteiger partial charge in [-0.25, -0.2) is 0 Å². The van der Waals surface area contributed by atoms with Crippen LogP contribution in [0.2, 0.25) is 0 Å². The van der Waals surface area contributed by atoms with E-state index < -0.39 is 0 Å². The van der Waals surface area contributed by atoms with E-state index in [9.17, 15) is 0 Å². The van der Waals surface area contributed by atoms with Gasteiger partial charge in [-0.15, -0.1) is 57.3 Å². The van der Waals surface area contributed by atoms with E-state index in [2.05, 4.69) is 23.3 Å². The molecule has 0 unspecified atom stereocenters. The van der Waals surface area contributed by atoms with E-state index in [4.69, 9.17) is 0 Å². The summed E-state index contributed by atoms with van der Waals surface area (Å²) in [6, 6.07) is 0. The first kappa shape index (κ1) is 17.4. The minimum atomic E-state index is 0. The molecule has 0 amide bonds. The van der Waals surface area contributed by atoms with Crippen LogP contribution in [0.3, 0.4) is 0 Å². The Bertz CT molecular complexity index is 4.00. The van der Waals surface area contributed by atoms with Crippen LogP contribution in [0.4, 0.5) is 0 Å². The molecule has 0 aromatic carbocycles. The monoisotopic (exact) mass is 226 g/mol. The summed E-state index contributed by atoms with van der Waals surface area (Å²) in [4.78, 5) is 0. The zero-order valence-corrected chi connectivity index (χ0v) is 6.93. The zero-order valence-electron chi connectivity index (χ0n) is 1.71. The Kier molecular flexibility index (Phi) is 98.4. The molecule has 0 aliphatic rings. The SMILES string of the molecule is Br.Br.SS. The van der Waals surface area contributed by atoms with Crippen molar-refractivity contribution in [2.75, 3.05) is 0 Å². The summed E-state index contributed by atoms with van der Waals surface area (Å²) in [7, 11) is 0. The summed E-state index contributed by atoms with van der Waals surface area (Å²) in [6.45, 7) is 0. The van der Waals surface area contributed by atoms with Crippen molar-refractivity contribution in [3.8, 4) is 0 Å². The van der Waals surface area contributed by atoms with Gasteiger partial charge in [0.05, 0.1) is 0 Å². The van der Waals surface area contributed by atoms with Gasteiger partial charge in [-0.05, 0) is 0 Å². The Labute approximate surface area is 57.1 Å².